The summed E-state index contributed by atoms with van der Waals surface area (Å²) < 4.78 is 5.39. The third-order valence-corrected chi connectivity index (χ3v) is 3.68. The Morgan fingerprint density at radius 3 is 2.95 bits per heavy atom. The zero-order valence-corrected chi connectivity index (χ0v) is 12.2. The maximum atomic E-state index is 12.3. The molecule has 1 aromatic carbocycles. The van der Waals surface area contributed by atoms with Gasteiger partial charge in [-0.15, -0.1) is 0 Å². The molecule has 0 fully saturated rings. The molecule has 0 aliphatic carbocycles. The van der Waals surface area contributed by atoms with Crippen molar-refractivity contribution in [2.24, 2.45) is 0 Å². The molecule has 0 radical (unpaired) electrons. The Morgan fingerprint density at radius 1 is 1.33 bits per heavy atom. The van der Waals surface area contributed by atoms with E-state index in [2.05, 4.69) is 4.98 Å². The van der Waals surface area contributed by atoms with Crippen molar-refractivity contribution < 1.29 is 9.53 Å². The third kappa shape index (κ3) is 3.16. The van der Waals surface area contributed by atoms with Gasteiger partial charge < -0.3 is 4.74 Å². The van der Waals surface area contributed by atoms with Crippen LogP contribution in [-0.2, 0) is 17.8 Å². The number of carbonyl (C=O) groups excluding carboxylic acids is 1. The molecule has 0 bridgehead atoms. The SMILES string of the molecule is O=C(OCc1ccccc1)N1CCCc2cnc(Cl)cc21. The second-order valence-corrected chi connectivity index (χ2v) is 5.32. The van der Waals surface area contributed by atoms with Crippen molar-refractivity contribution in [2.75, 3.05) is 11.4 Å². The Kier molecular flexibility index (Phi) is 4.06. The van der Waals surface area contributed by atoms with E-state index in [0.717, 1.165) is 29.7 Å². The lowest BCUT2D eigenvalue weighted by atomic mass is 10.1. The second-order valence-electron chi connectivity index (χ2n) is 4.93. The highest BCUT2D eigenvalue weighted by atomic mass is 35.5. The number of pyridine rings is 1. The molecule has 108 valence electrons. The highest BCUT2D eigenvalue weighted by Gasteiger charge is 2.24. The Balaban J connectivity index is 1.73. The van der Waals surface area contributed by atoms with E-state index in [4.69, 9.17) is 16.3 Å². The molecule has 5 heteroatoms. The van der Waals surface area contributed by atoms with Crippen LogP contribution in [0.25, 0.3) is 0 Å². The minimum absolute atomic E-state index is 0.268. The molecule has 3 rings (SSSR count). The summed E-state index contributed by atoms with van der Waals surface area (Å²) in [5, 5.41) is 0.386. The summed E-state index contributed by atoms with van der Waals surface area (Å²) in [6.45, 7) is 0.908. The molecule has 2 aromatic rings. The van der Waals surface area contributed by atoms with E-state index in [9.17, 15) is 4.79 Å². The van der Waals surface area contributed by atoms with Gasteiger partial charge in [0, 0.05) is 12.7 Å². The minimum atomic E-state index is -0.345. The first kappa shape index (κ1) is 13.9. The van der Waals surface area contributed by atoms with Crippen LogP contribution in [0.5, 0.6) is 0 Å². The first-order valence-electron chi connectivity index (χ1n) is 6.86. The quantitative estimate of drug-likeness (QED) is 0.792. The van der Waals surface area contributed by atoms with E-state index in [0.29, 0.717) is 11.7 Å². The molecule has 0 spiro atoms. The first-order chi connectivity index (χ1) is 10.2. The van der Waals surface area contributed by atoms with Crippen molar-refractivity contribution in [3.05, 3.63) is 58.9 Å². The van der Waals surface area contributed by atoms with Gasteiger partial charge >= 0.3 is 6.09 Å². The van der Waals surface area contributed by atoms with Gasteiger partial charge in [0.15, 0.2) is 0 Å². The average Bonchev–Trinajstić information content (AvgIpc) is 2.53. The number of aryl methyl sites for hydroxylation is 1. The van der Waals surface area contributed by atoms with Gasteiger partial charge in [0.1, 0.15) is 11.8 Å². The van der Waals surface area contributed by atoms with E-state index in [1.165, 1.54) is 0 Å². The fraction of sp³-hybridized carbons (Fsp3) is 0.250. The summed E-state index contributed by atoms with van der Waals surface area (Å²) >= 11 is 5.93. The number of fused-ring (bicyclic) bond motifs is 1. The van der Waals surface area contributed by atoms with Crippen LogP contribution in [0.3, 0.4) is 0 Å². The third-order valence-electron chi connectivity index (χ3n) is 3.47. The Bertz CT molecular complexity index is 646. The molecule has 1 aliphatic heterocycles. The molecule has 0 saturated heterocycles. The molecule has 2 heterocycles. The van der Waals surface area contributed by atoms with E-state index in [1.807, 2.05) is 30.3 Å². The number of nitrogens with zero attached hydrogens (tertiary/aromatic N) is 2. The van der Waals surface area contributed by atoms with E-state index >= 15 is 0 Å². The van der Waals surface area contributed by atoms with Crippen LogP contribution in [0.2, 0.25) is 5.15 Å². The number of halogens is 1. The topological polar surface area (TPSA) is 42.4 Å². The van der Waals surface area contributed by atoms with Gasteiger partial charge in [-0.25, -0.2) is 9.78 Å². The van der Waals surface area contributed by atoms with Crippen LogP contribution in [0.4, 0.5) is 10.5 Å². The molecule has 1 amide bonds. The Labute approximate surface area is 128 Å². The van der Waals surface area contributed by atoms with Crippen molar-refractivity contribution in [1.29, 1.82) is 0 Å². The van der Waals surface area contributed by atoms with Gasteiger partial charge in [0.2, 0.25) is 0 Å². The smallest absolute Gasteiger partial charge is 0.414 e. The number of rotatable bonds is 2. The number of amides is 1. The summed E-state index contributed by atoms with van der Waals surface area (Å²) in [5.74, 6) is 0. The van der Waals surface area contributed by atoms with Crippen molar-refractivity contribution >= 4 is 23.4 Å². The molecule has 21 heavy (non-hydrogen) atoms. The highest BCUT2D eigenvalue weighted by Crippen LogP contribution is 2.29. The largest absolute Gasteiger partial charge is 0.444 e. The molecular weight excluding hydrogens is 288 g/mol. The van der Waals surface area contributed by atoms with Crippen LogP contribution in [0.1, 0.15) is 17.5 Å². The monoisotopic (exact) mass is 302 g/mol. The lowest BCUT2D eigenvalue weighted by Crippen LogP contribution is -2.36. The minimum Gasteiger partial charge on any atom is -0.444 e. The van der Waals surface area contributed by atoms with Gasteiger partial charge in [-0.3, -0.25) is 4.90 Å². The van der Waals surface area contributed by atoms with Crippen molar-refractivity contribution in [2.45, 2.75) is 19.4 Å². The van der Waals surface area contributed by atoms with E-state index < -0.39 is 0 Å². The standard InChI is InChI=1S/C16H15ClN2O2/c17-15-9-14-13(10-18-15)7-4-8-19(14)16(20)21-11-12-5-2-1-3-6-12/h1-3,5-6,9-10H,4,7-8,11H2. The van der Waals surface area contributed by atoms with Crippen molar-refractivity contribution in [1.82, 2.24) is 4.98 Å². The Hall–Kier alpha value is -2.07. The maximum Gasteiger partial charge on any atom is 0.414 e. The number of benzene rings is 1. The highest BCUT2D eigenvalue weighted by molar-refractivity contribution is 6.29. The van der Waals surface area contributed by atoms with Gasteiger partial charge in [-0.05, 0) is 30.0 Å². The molecule has 0 N–H and O–H groups in total. The number of carbonyl (C=O) groups is 1. The Morgan fingerprint density at radius 2 is 2.14 bits per heavy atom. The fourth-order valence-electron chi connectivity index (χ4n) is 2.43. The number of hydrogen-bond donors (Lipinski definition) is 0. The lowest BCUT2D eigenvalue weighted by molar-refractivity contribution is 0.146. The predicted molar refractivity (Wildman–Crippen MR) is 81.5 cm³/mol. The summed E-state index contributed by atoms with van der Waals surface area (Å²) in [4.78, 5) is 18.0. The normalized spacial score (nSPS) is 13.7. The predicted octanol–water partition coefficient (Wildman–Crippen LogP) is 3.82. The molecule has 1 aromatic heterocycles. The molecule has 4 nitrogen and oxygen atoms in total. The number of ether oxygens (including phenoxy) is 1. The molecule has 1 aliphatic rings. The van der Waals surface area contributed by atoms with Crippen LogP contribution in [0.15, 0.2) is 42.6 Å². The summed E-state index contributed by atoms with van der Waals surface area (Å²) in [6.07, 6.45) is 3.19. The van der Waals surface area contributed by atoms with E-state index in [1.54, 1.807) is 17.2 Å². The zero-order valence-electron chi connectivity index (χ0n) is 11.5. The summed E-state index contributed by atoms with van der Waals surface area (Å²) in [6, 6.07) is 11.4. The number of hydrogen-bond acceptors (Lipinski definition) is 3. The maximum absolute atomic E-state index is 12.3. The summed E-state index contributed by atoms with van der Waals surface area (Å²) in [7, 11) is 0. The molecule has 0 unspecified atom stereocenters. The van der Waals surface area contributed by atoms with Gasteiger partial charge in [-0.1, -0.05) is 41.9 Å². The van der Waals surface area contributed by atoms with E-state index in [-0.39, 0.29) is 12.7 Å². The number of anilines is 1. The average molecular weight is 303 g/mol. The number of aromatic nitrogens is 1. The van der Waals surface area contributed by atoms with Crippen LogP contribution < -0.4 is 4.90 Å². The fourth-order valence-corrected chi connectivity index (χ4v) is 2.58. The molecule has 0 saturated carbocycles. The van der Waals surface area contributed by atoms with Crippen LogP contribution in [0, 0.1) is 0 Å². The van der Waals surface area contributed by atoms with Crippen molar-refractivity contribution in [3.63, 3.8) is 0 Å². The van der Waals surface area contributed by atoms with Gasteiger partial charge in [-0.2, -0.15) is 0 Å². The van der Waals surface area contributed by atoms with Crippen LogP contribution in [-0.4, -0.2) is 17.6 Å². The lowest BCUT2D eigenvalue weighted by Gasteiger charge is -2.28. The molecular formula is C16H15ClN2O2. The van der Waals surface area contributed by atoms with Crippen LogP contribution >= 0.6 is 11.6 Å². The summed E-state index contributed by atoms with van der Waals surface area (Å²) in [5.41, 5.74) is 2.80. The first-order valence-corrected chi connectivity index (χ1v) is 7.24. The molecule has 0 atom stereocenters. The van der Waals surface area contributed by atoms with Gasteiger partial charge in [0.05, 0.1) is 5.69 Å². The van der Waals surface area contributed by atoms with Crippen molar-refractivity contribution in [3.8, 4) is 0 Å². The second kappa shape index (κ2) is 6.14. The van der Waals surface area contributed by atoms with Gasteiger partial charge in [0.25, 0.3) is 0 Å². The zero-order chi connectivity index (χ0) is 14.7.